The quantitative estimate of drug-likeness (QED) is 0.816. The number of benzene rings is 1. The second-order valence-corrected chi connectivity index (χ2v) is 5.08. The standard InChI is InChI=1S/C14H19NO2/c1-10-4-6-12(7-5-10)15-14(13(16)17-3)8-11(2)9-14/h4-7,11,15H,8-9H2,1-3H3. The van der Waals surface area contributed by atoms with Crippen LogP contribution in [0.5, 0.6) is 0 Å². The van der Waals surface area contributed by atoms with E-state index in [1.54, 1.807) is 0 Å². The first kappa shape index (κ1) is 12.0. The van der Waals surface area contributed by atoms with Crippen LogP contribution in [-0.2, 0) is 9.53 Å². The molecule has 2 rings (SSSR count). The van der Waals surface area contributed by atoms with Crippen LogP contribution in [0.1, 0.15) is 25.3 Å². The van der Waals surface area contributed by atoms with Crippen molar-refractivity contribution in [1.29, 1.82) is 0 Å². The number of esters is 1. The predicted octanol–water partition coefficient (Wildman–Crippen LogP) is 2.75. The summed E-state index contributed by atoms with van der Waals surface area (Å²) in [6.07, 6.45) is 1.68. The van der Waals surface area contributed by atoms with Gasteiger partial charge in [0.15, 0.2) is 0 Å². The Morgan fingerprint density at radius 1 is 1.35 bits per heavy atom. The number of ether oxygens (including phenoxy) is 1. The van der Waals surface area contributed by atoms with Crippen LogP contribution in [0.25, 0.3) is 0 Å². The van der Waals surface area contributed by atoms with Gasteiger partial charge in [0.1, 0.15) is 5.54 Å². The third kappa shape index (κ3) is 2.28. The third-order valence-corrected chi connectivity index (χ3v) is 3.41. The summed E-state index contributed by atoms with van der Waals surface area (Å²) < 4.78 is 4.90. The van der Waals surface area contributed by atoms with Crippen LogP contribution >= 0.6 is 0 Å². The van der Waals surface area contributed by atoms with Crippen molar-refractivity contribution in [2.24, 2.45) is 5.92 Å². The fraction of sp³-hybridized carbons (Fsp3) is 0.500. The normalized spacial score (nSPS) is 27.1. The number of carbonyl (C=O) groups excluding carboxylic acids is 1. The molecule has 1 N–H and O–H groups in total. The highest BCUT2D eigenvalue weighted by molar-refractivity contribution is 5.85. The molecule has 0 radical (unpaired) electrons. The Bertz CT molecular complexity index is 405. The number of rotatable bonds is 3. The molecule has 3 heteroatoms. The molecule has 0 bridgehead atoms. The van der Waals surface area contributed by atoms with E-state index < -0.39 is 5.54 Å². The van der Waals surface area contributed by atoms with Gasteiger partial charge in [0.2, 0.25) is 0 Å². The van der Waals surface area contributed by atoms with Gasteiger partial charge in [0.05, 0.1) is 7.11 Å². The van der Waals surface area contributed by atoms with E-state index in [2.05, 4.69) is 12.2 Å². The Balaban J connectivity index is 2.14. The van der Waals surface area contributed by atoms with E-state index in [1.807, 2.05) is 31.2 Å². The van der Waals surface area contributed by atoms with Crippen LogP contribution in [0.4, 0.5) is 5.69 Å². The molecule has 0 heterocycles. The lowest BCUT2D eigenvalue weighted by Gasteiger charge is -2.44. The predicted molar refractivity (Wildman–Crippen MR) is 67.9 cm³/mol. The van der Waals surface area contributed by atoms with Crippen molar-refractivity contribution in [1.82, 2.24) is 0 Å². The minimum absolute atomic E-state index is 0.156. The summed E-state index contributed by atoms with van der Waals surface area (Å²) in [5.74, 6) is 0.420. The monoisotopic (exact) mass is 233 g/mol. The molecular weight excluding hydrogens is 214 g/mol. The number of anilines is 1. The van der Waals surface area contributed by atoms with Gasteiger partial charge in [-0.25, -0.2) is 4.79 Å². The maximum Gasteiger partial charge on any atom is 0.331 e. The zero-order chi connectivity index (χ0) is 12.5. The molecule has 0 saturated heterocycles. The van der Waals surface area contributed by atoms with Gasteiger partial charge < -0.3 is 10.1 Å². The molecule has 1 fully saturated rings. The highest BCUT2D eigenvalue weighted by atomic mass is 16.5. The zero-order valence-electron chi connectivity index (χ0n) is 10.6. The van der Waals surface area contributed by atoms with E-state index in [0.29, 0.717) is 5.92 Å². The van der Waals surface area contributed by atoms with Gasteiger partial charge in [0.25, 0.3) is 0 Å². The molecular formula is C14H19NO2. The summed E-state index contributed by atoms with van der Waals surface area (Å²) in [5, 5.41) is 3.33. The molecule has 1 aliphatic carbocycles. The maximum absolute atomic E-state index is 11.8. The largest absolute Gasteiger partial charge is 0.467 e. The minimum atomic E-state index is -0.510. The fourth-order valence-electron chi connectivity index (χ4n) is 2.56. The smallest absolute Gasteiger partial charge is 0.331 e. The summed E-state index contributed by atoms with van der Waals surface area (Å²) in [6.45, 7) is 4.20. The molecule has 3 nitrogen and oxygen atoms in total. The molecule has 1 aliphatic rings. The third-order valence-electron chi connectivity index (χ3n) is 3.41. The average molecular weight is 233 g/mol. The van der Waals surface area contributed by atoms with Crippen molar-refractivity contribution >= 4 is 11.7 Å². The Morgan fingerprint density at radius 3 is 2.41 bits per heavy atom. The molecule has 1 aromatic carbocycles. The first-order valence-corrected chi connectivity index (χ1v) is 5.99. The van der Waals surface area contributed by atoms with E-state index in [0.717, 1.165) is 18.5 Å². The molecule has 0 unspecified atom stereocenters. The SMILES string of the molecule is COC(=O)C1(Nc2ccc(C)cc2)CC(C)C1. The first-order valence-electron chi connectivity index (χ1n) is 5.99. The lowest BCUT2D eigenvalue weighted by Crippen LogP contribution is -2.56. The van der Waals surface area contributed by atoms with E-state index >= 15 is 0 Å². The summed E-state index contributed by atoms with van der Waals surface area (Å²) in [7, 11) is 1.45. The Hall–Kier alpha value is -1.51. The van der Waals surface area contributed by atoms with Crippen LogP contribution in [0.3, 0.4) is 0 Å². The van der Waals surface area contributed by atoms with Crippen molar-refractivity contribution in [2.45, 2.75) is 32.2 Å². The average Bonchev–Trinajstić information content (AvgIpc) is 2.28. The second kappa shape index (κ2) is 4.40. The highest BCUT2D eigenvalue weighted by Gasteiger charge is 2.49. The van der Waals surface area contributed by atoms with Crippen LogP contribution in [-0.4, -0.2) is 18.6 Å². The molecule has 0 aliphatic heterocycles. The van der Waals surface area contributed by atoms with Gasteiger partial charge in [0, 0.05) is 5.69 Å². The molecule has 1 saturated carbocycles. The number of hydrogen-bond donors (Lipinski definition) is 1. The fourth-order valence-corrected chi connectivity index (χ4v) is 2.56. The van der Waals surface area contributed by atoms with Gasteiger partial charge in [-0.1, -0.05) is 24.6 Å². The summed E-state index contributed by atoms with van der Waals surface area (Å²) >= 11 is 0. The Kier molecular flexibility index (Phi) is 3.09. The first-order chi connectivity index (χ1) is 8.05. The van der Waals surface area contributed by atoms with E-state index in [1.165, 1.54) is 12.7 Å². The molecule has 92 valence electrons. The van der Waals surface area contributed by atoms with Crippen molar-refractivity contribution in [3.05, 3.63) is 29.8 Å². The van der Waals surface area contributed by atoms with Gasteiger partial charge >= 0.3 is 5.97 Å². The molecule has 0 aromatic heterocycles. The highest BCUT2D eigenvalue weighted by Crippen LogP contribution is 2.41. The van der Waals surface area contributed by atoms with Crippen LogP contribution in [0.2, 0.25) is 0 Å². The minimum Gasteiger partial charge on any atom is -0.467 e. The van der Waals surface area contributed by atoms with Gasteiger partial charge in [-0.2, -0.15) is 0 Å². The maximum atomic E-state index is 11.8. The number of aryl methyl sites for hydroxylation is 1. The molecule has 0 spiro atoms. The Morgan fingerprint density at radius 2 is 1.94 bits per heavy atom. The summed E-state index contributed by atoms with van der Waals surface area (Å²) in [4.78, 5) is 11.8. The topological polar surface area (TPSA) is 38.3 Å². The summed E-state index contributed by atoms with van der Waals surface area (Å²) in [6, 6.07) is 8.08. The lowest BCUT2D eigenvalue weighted by molar-refractivity contribution is -0.150. The second-order valence-electron chi connectivity index (χ2n) is 5.08. The van der Waals surface area contributed by atoms with Gasteiger partial charge in [-0.15, -0.1) is 0 Å². The van der Waals surface area contributed by atoms with Crippen LogP contribution < -0.4 is 5.32 Å². The van der Waals surface area contributed by atoms with Crippen molar-refractivity contribution in [3.8, 4) is 0 Å². The van der Waals surface area contributed by atoms with Crippen LogP contribution in [0, 0.1) is 12.8 Å². The Labute approximate surface area is 102 Å². The number of nitrogens with one attached hydrogen (secondary N) is 1. The van der Waals surface area contributed by atoms with Crippen molar-refractivity contribution < 1.29 is 9.53 Å². The van der Waals surface area contributed by atoms with Crippen molar-refractivity contribution in [2.75, 3.05) is 12.4 Å². The van der Waals surface area contributed by atoms with Gasteiger partial charge in [-0.05, 0) is 37.8 Å². The van der Waals surface area contributed by atoms with E-state index in [9.17, 15) is 4.79 Å². The lowest BCUT2D eigenvalue weighted by atomic mass is 9.69. The molecule has 0 atom stereocenters. The summed E-state index contributed by atoms with van der Waals surface area (Å²) in [5.41, 5.74) is 1.68. The number of hydrogen-bond acceptors (Lipinski definition) is 3. The molecule has 17 heavy (non-hydrogen) atoms. The van der Waals surface area contributed by atoms with Gasteiger partial charge in [-0.3, -0.25) is 0 Å². The number of methoxy groups -OCH3 is 1. The molecule has 0 amide bonds. The van der Waals surface area contributed by atoms with E-state index in [4.69, 9.17) is 4.74 Å². The van der Waals surface area contributed by atoms with E-state index in [-0.39, 0.29) is 5.97 Å². The van der Waals surface area contributed by atoms with Crippen LogP contribution in [0.15, 0.2) is 24.3 Å². The van der Waals surface area contributed by atoms with Crippen molar-refractivity contribution in [3.63, 3.8) is 0 Å². The molecule has 1 aromatic rings. The zero-order valence-corrected chi connectivity index (χ0v) is 10.6. The number of carbonyl (C=O) groups is 1.